The molecule has 1 aliphatic carbocycles. The summed E-state index contributed by atoms with van der Waals surface area (Å²) in [5, 5.41) is 29.5. The highest BCUT2D eigenvalue weighted by Crippen LogP contribution is 2.40. The second-order valence-corrected chi connectivity index (χ2v) is 12.9. The number of aliphatic hydroxyl groups excluding tert-OH is 1. The highest BCUT2D eigenvalue weighted by Gasteiger charge is 2.30. The SMILES string of the molecule is CC(C)Oc1ccc(-c2nnc(-c3cccc4c3CCC4NS(=O)(=O)CCN3CCC(O)C3)s2)cc1C#N. The van der Waals surface area contributed by atoms with Crippen molar-refractivity contribution in [3.8, 4) is 33.0 Å². The highest BCUT2D eigenvalue weighted by molar-refractivity contribution is 7.89. The van der Waals surface area contributed by atoms with E-state index in [0.29, 0.717) is 42.3 Å². The molecule has 0 radical (unpaired) electrons. The first-order valence-electron chi connectivity index (χ1n) is 12.8. The fourth-order valence-electron chi connectivity index (χ4n) is 5.07. The van der Waals surface area contributed by atoms with Crippen LogP contribution in [0.2, 0.25) is 0 Å². The molecule has 3 aromatic rings. The predicted molar refractivity (Wildman–Crippen MR) is 146 cm³/mol. The Morgan fingerprint density at radius 2 is 2.05 bits per heavy atom. The molecule has 0 saturated carbocycles. The summed E-state index contributed by atoms with van der Waals surface area (Å²) < 4.78 is 34.3. The molecule has 2 aliphatic rings. The second-order valence-electron chi connectivity index (χ2n) is 10.0. The number of benzene rings is 2. The van der Waals surface area contributed by atoms with Crippen LogP contribution in [0, 0.1) is 11.3 Å². The van der Waals surface area contributed by atoms with Crippen molar-refractivity contribution in [1.29, 1.82) is 5.26 Å². The molecule has 2 heterocycles. The van der Waals surface area contributed by atoms with Gasteiger partial charge in [0.2, 0.25) is 10.0 Å². The monoisotopic (exact) mass is 553 g/mol. The van der Waals surface area contributed by atoms with E-state index in [1.807, 2.05) is 43.0 Å². The number of sulfonamides is 1. The Hall–Kier alpha value is -2.88. The molecule has 9 nitrogen and oxygen atoms in total. The molecule has 1 saturated heterocycles. The third-order valence-electron chi connectivity index (χ3n) is 6.88. The van der Waals surface area contributed by atoms with Crippen molar-refractivity contribution in [2.45, 2.75) is 51.4 Å². The summed E-state index contributed by atoms with van der Waals surface area (Å²) in [6.07, 6.45) is 1.72. The quantitative estimate of drug-likeness (QED) is 0.412. The van der Waals surface area contributed by atoms with Gasteiger partial charge >= 0.3 is 0 Å². The number of nitrogens with one attached hydrogen (secondary N) is 1. The van der Waals surface area contributed by atoms with E-state index in [1.54, 1.807) is 12.1 Å². The molecule has 38 heavy (non-hydrogen) atoms. The zero-order valence-electron chi connectivity index (χ0n) is 21.4. The minimum atomic E-state index is -3.48. The van der Waals surface area contributed by atoms with Crippen LogP contribution in [0.15, 0.2) is 36.4 Å². The number of β-amino-alcohol motifs (C(OH)–C–C–N with tert-alkyl or cyclic N) is 1. The zero-order chi connectivity index (χ0) is 26.9. The Kier molecular flexibility index (Phi) is 7.79. The lowest BCUT2D eigenvalue weighted by Crippen LogP contribution is -2.35. The number of nitrogens with zero attached hydrogens (tertiary/aromatic N) is 4. The summed E-state index contributed by atoms with van der Waals surface area (Å²) in [6, 6.07) is 13.3. The van der Waals surface area contributed by atoms with Crippen LogP contribution in [-0.4, -0.2) is 66.2 Å². The molecule has 200 valence electrons. The van der Waals surface area contributed by atoms with Crippen molar-refractivity contribution in [3.05, 3.63) is 53.1 Å². The smallest absolute Gasteiger partial charge is 0.213 e. The first kappa shape index (κ1) is 26.7. The lowest BCUT2D eigenvalue weighted by atomic mass is 10.0. The van der Waals surface area contributed by atoms with Crippen molar-refractivity contribution >= 4 is 21.4 Å². The summed E-state index contributed by atoms with van der Waals surface area (Å²) >= 11 is 1.44. The van der Waals surface area contributed by atoms with Crippen LogP contribution in [0.3, 0.4) is 0 Å². The predicted octanol–water partition coefficient (Wildman–Crippen LogP) is 3.50. The van der Waals surface area contributed by atoms with Gasteiger partial charge in [0.25, 0.3) is 0 Å². The molecular formula is C27H31N5O4S2. The van der Waals surface area contributed by atoms with E-state index in [-0.39, 0.29) is 24.0 Å². The molecule has 0 bridgehead atoms. The van der Waals surface area contributed by atoms with E-state index in [4.69, 9.17) is 4.74 Å². The third-order valence-corrected chi connectivity index (χ3v) is 9.25. The average Bonchev–Trinajstić information content (AvgIpc) is 3.63. The van der Waals surface area contributed by atoms with E-state index >= 15 is 0 Å². The number of aromatic nitrogens is 2. The molecule has 2 unspecified atom stereocenters. The van der Waals surface area contributed by atoms with Crippen LogP contribution < -0.4 is 9.46 Å². The summed E-state index contributed by atoms with van der Waals surface area (Å²) in [4.78, 5) is 1.99. The lowest BCUT2D eigenvalue weighted by Gasteiger charge is -2.18. The van der Waals surface area contributed by atoms with Gasteiger partial charge in [0.05, 0.1) is 23.5 Å². The number of fused-ring (bicyclic) bond motifs is 1. The number of hydrogen-bond acceptors (Lipinski definition) is 9. The van der Waals surface area contributed by atoms with Crippen LogP contribution >= 0.6 is 11.3 Å². The van der Waals surface area contributed by atoms with Crippen molar-refractivity contribution in [1.82, 2.24) is 19.8 Å². The molecule has 1 fully saturated rings. The minimum Gasteiger partial charge on any atom is -0.490 e. The Morgan fingerprint density at radius 1 is 1.24 bits per heavy atom. The van der Waals surface area contributed by atoms with Gasteiger partial charge in [-0.2, -0.15) is 5.26 Å². The zero-order valence-corrected chi connectivity index (χ0v) is 23.1. The summed E-state index contributed by atoms with van der Waals surface area (Å²) in [5.74, 6) is 0.555. The Balaban J connectivity index is 1.32. The Bertz CT molecular complexity index is 1460. The molecule has 0 amide bonds. The number of likely N-dealkylation sites (tertiary alicyclic amines) is 1. The van der Waals surface area contributed by atoms with Gasteiger partial charge in [-0.3, -0.25) is 4.90 Å². The van der Waals surface area contributed by atoms with Crippen molar-refractivity contribution < 1.29 is 18.3 Å². The van der Waals surface area contributed by atoms with E-state index in [0.717, 1.165) is 40.2 Å². The van der Waals surface area contributed by atoms with Gasteiger partial charge < -0.3 is 9.84 Å². The van der Waals surface area contributed by atoms with Gasteiger partial charge in [0.15, 0.2) is 0 Å². The van der Waals surface area contributed by atoms with E-state index in [2.05, 4.69) is 21.0 Å². The standard InChI is InChI=1S/C27H31N5O4S2/c1-17(2)36-25-9-6-18(14-19(25)15-28)26-29-30-27(37-26)23-5-3-4-22-21(23)7-8-24(22)31-38(34,35)13-12-32-11-10-20(33)16-32/h3-6,9,14,17,20,24,31,33H,7-8,10-13,16H2,1-2H3. The number of ether oxygens (including phenoxy) is 1. The molecule has 2 atom stereocenters. The van der Waals surface area contributed by atoms with Crippen LogP contribution in [0.1, 0.15) is 49.4 Å². The molecule has 1 aliphatic heterocycles. The number of aliphatic hydroxyl groups is 1. The summed E-state index contributed by atoms with van der Waals surface area (Å²) in [7, 11) is -3.48. The van der Waals surface area contributed by atoms with Gasteiger partial charge in [-0.1, -0.05) is 29.5 Å². The van der Waals surface area contributed by atoms with Crippen molar-refractivity contribution in [2.75, 3.05) is 25.4 Å². The highest BCUT2D eigenvalue weighted by atomic mass is 32.2. The van der Waals surface area contributed by atoms with Gasteiger partial charge in [0, 0.05) is 36.8 Å². The maximum Gasteiger partial charge on any atom is 0.213 e. The fourth-order valence-corrected chi connectivity index (χ4v) is 7.26. The van der Waals surface area contributed by atoms with Crippen LogP contribution in [0.25, 0.3) is 21.1 Å². The van der Waals surface area contributed by atoms with Crippen molar-refractivity contribution in [3.63, 3.8) is 0 Å². The molecule has 5 rings (SSSR count). The maximum absolute atomic E-state index is 12.8. The first-order valence-corrected chi connectivity index (χ1v) is 15.3. The lowest BCUT2D eigenvalue weighted by molar-refractivity contribution is 0.178. The van der Waals surface area contributed by atoms with Gasteiger partial charge in [-0.15, -0.1) is 10.2 Å². The molecule has 11 heteroatoms. The number of rotatable bonds is 9. The Labute approximate surface area is 227 Å². The maximum atomic E-state index is 12.8. The largest absolute Gasteiger partial charge is 0.490 e. The molecule has 0 spiro atoms. The van der Waals surface area contributed by atoms with Gasteiger partial charge in [-0.05, 0) is 62.4 Å². The number of nitriles is 1. The van der Waals surface area contributed by atoms with E-state index in [1.165, 1.54) is 11.3 Å². The molecular weight excluding hydrogens is 522 g/mol. The summed E-state index contributed by atoms with van der Waals surface area (Å²) in [5.41, 5.74) is 4.26. The van der Waals surface area contributed by atoms with Crippen LogP contribution in [0.4, 0.5) is 0 Å². The van der Waals surface area contributed by atoms with Crippen LogP contribution in [0.5, 0.6) is 5.75 Å². The van der Waals surface area contributed by atoms with E-state index in [9.17, 15) is 18.8 Å². The van der Waals surface area contributed by atoms with Gasteiger partial charge in [-0.25, -0.2) is 13.1 Å². The average molecular weight is 554 g/mol. The molecule has 2 N–H and O–H groups in total. The first-order chi connectivity index (χ1) is 18.2. The Morgan fingerprint density at radius 3 is 2.79 bits per heavy atom. The van der Waals surface area contributed by atoms with Crippen molar-refractivity contribution in [2.24, 2.45) is 0 Å². The van der Waals surface area contributed by atoms with Gasteiger partial charge in [0.1, 0.15) is 21.8 Å². The minimum absolute atomic E-state index is 0.0106. The second kappa shape index (κ2) is 11.1. The van der Waals surface area contributed by atoms with Crippen LogP contribution in [-0.2, 0) is 16.4 Å². The topological polar surface area (TPSA) is 128 Å². The fraction of sp³-hybridized carbons (Fsp3) is 0.444. The molecule has 1 aromatic heterocycles. The third kappa shape index (κ3) is 5.90. The normalized spacial score (nSPS) is 19.6. The summed E-state index contributed by atoms with van der Waals surface area (Å²) in [6.45, 7) is 5.51. The van der Waals surface area contributed by atoms with E-state index < -0.39 is 10.0 Å². The molecule has 2 aromatic carbocycles. The number of hydrogen-bond donors (Lipinski definition) is 2.